The molecule has 0 aliphatic carbocycles. The molecule has 0 spiro atoms. The number of non-ortho nitro benzene ring substituents is 1. The van der Waals surface area contributed by atoms with E-state index in [-0.39, 0.29) is 30.2 Å². The Hall–Kier alpha value is -3.77. The summed E-state index contributed by atoms with van der Waals surface area (Å²) in [6.07, 6.45) is 2.76. The summed E-state index contributed by atoms with van der Waals surface area (Å²) in [5.41, 5.74) is 1.22. The Balaban J connectivity index is 2.05. The quantitative estimate of drug-likeness (QED) is 0.154. The number of nitro groups is 1. The minimum atomic E-state index is -4.04. The van der Waals surface area contributed by atoms with Crippen LogP contribution in [0.15, 0.2) is 83.3 Å². The van der Waals surface area contributed by atoms with Crippen molar-refractivity contribution < 1.29 is 22.9 Å². The summed E-state index contributed by atoms with van der Waals surface area (Å²) in [5, 5.41) is 14.3. The number of benzene rings is 3. The first-order valence-electron chi connectivity index (χ1n) is 13.1. The summed E-state index contributed by atoms with van der Waals surface area (Å²) in [6.45, 7) is 1.82. The molecule has 2 amide bonds. The van der Waals surface area contributed by atoms with Crippen LogP contribution in [0.25, 0.3) is 0 Å². The molecule has 0 aromatic heterocycles. The van der Waals surface area contributed by atoms with Gasteiger partial charge in [-0.05, 0) is 35.7 Å². The standard InChI is InChI=1S/C29H33BrN4O6S/c1-3-4-16-31-29(36)27(18-22-10-6-5-7-11-22)32(20-23-12-8-13-24(30)17-23)28(35)21-33(41(2,39)40)25-14-9-15-26(19-25)34(37)38/h5-15,17,19,27H,3-4,16,18,20-21H2,1-2H3,(H,31,36)/t27-/m1/s1. The molecule has 3 aromatic rings. The molecule has 41 heavy (non-hydrogen) atoms. The number of anilines is 1. The summed E-state index contributed by atoms with van der Waals surface area (Å²) in [5.74, 6) is -0.986. The SMILES string of the molecule is CCCCNC(=O)[C@@H](Cc1ccccc1)N(Cc1cccc(Br)c1)C(=O)CN(c1cccc([N+](=O)[O-])c1)S(C)(=O)=O. The molecule has 0 aliphatic rings. The van der Waals surface area contributed by atoms with Crippen LogP contribution in [0, 0.1) is 10.1 Å². The zero-order chi connectivity index (χ0) is 30.0. The lowest BCUT2D eigenvalue weighted by molar-refractivity contribution is -0.384. The molecule has 0 bridgehead atoms. The maximum atomic E-state index is 14.0. The lowest BCUT2D eigenvalue weighted by atomic mass is 10.0. The molecule has 1 atom stereocenters. The smallest absolute Gasteiger partial charge is 0.271 e. The number of sulfonamides is 1. The second-order valence-corrected chi connectivity index (χ2v) is 12.4. The van der Waals surface area contributed by atoms with Gasteiger partial charge in [0.1, 0.15) is 12.6 Å². The van der Waals surface area contributed by atoms with Gasteiger partial charge in [0.2, 0.25) is 21.8 Å². The van der Waals surface area contributed by atoms with Crippen LogP contribution in [0.2, 0.25) is 0 Å². The maximum Gasteiger partial charge on any atom is 0.271 e. The fourth-order valence-corrected chi connectivity index (χ4v) is 5.56. The number of carbonyl (C=O) groups is 2. The molecule has 3 aromatic carbocycles. The van der Waals surface area contributed by atoms with Crippen molar-refractivity contribution in [2.75, 3.05) is 23.7 Å². The number of nitrogens with zero attached hydrogens (tertiary/aromatic N) is 3. The van der Waals surface area contributed by atoms with Crippen LogP contribution in [-0.2, 0) is 32.6 Å². The number of amides is 2. The molecule has 0 radical (unpaired) electrons. The summed E-state index contributed by atoms with van der Waals surface area (Å²) in [4.78, 5) is 39.7. The predicted octanol–water partition coefficient (Wildman–Crippen LogP) is 4.68. The highest BCUT2D eigenvalue weighted by atomic mass is 79.9. The summed E-state index contributed by atoms with van der Waals surface area (Å²) >= 11 is 3.44. The Morgan fingerprint density at radius 2 is 1.68 bits per heavy atom. The molecule has 10 nitrogen and oxygen atoms in total. The van der Waals surface area contributed by atoms with Gasteiger partial charge in [-0.2, -0.15) is 0 Å². The Kier molecular flexibility index (Phi) is 11.4. The van der Waals surface area contributed by atoms with Crippen molar-refractivity contribution in [2.24, 2.45) is 0 Å². The number of unbranched alkanes of at least 4 members (excludes halogenated alkanes) is 1. The number of rotatable bonds is 14. The van der Waals surface area contributed by atoms with Crippen molar-refractivity contribution in [3.63, 3.8) is 0 Å². The first-order valence-corrected chi connectivity index (χ1v) is 15.7. The van der Waals surface area contributed by atoms with Crippen molar-refractivity contribution in [1.29, 1.82) is 0 Å². The van der Waals surface area contributed by atoms with Crippen LogP contribution in [0.5, 0.6) is 0 Å². The molecule has 0 unspecified atom stereocenters. The second-order valence-electron chi connectivity index (χ2n) is 9.55. The van der Waals surface area contributed by atoms with E-state index in [0.717, 1.165) is 45.1 Å². The molecule has 0 heterocycles. The number of carbonyl (C=O) groups excluding carboxylic acids is 2. The summed E-state index contributed by atoms with van der Waals surface area (Å²) < 4.78 is 27.3. The average molecular weight is 646 g/mol. The number of nitrogens with one attached hydrogen (secondary N) is 1. The van der Waals surface area contributed by atoms with Gasteiger partial charge >= 0.3 is 0 Å². The van der Waals surface area contributed by atoms with Gasteiger partial charge in [-0.3, -0.25) is 24.0 Å². The van der Waals surface area contributed by atoms with E-state index >= 15 is 0 Å². The Morgan fingerprint density at radius 3 is 2.32 bits per heavy atom. The van der Waals surface area contributed by atoms with Crippen molar-refractivity contribution in [3.8, 4) is 0 Å². The van der Waals surface area contributed by atoms with Gasteiger partial charge in [0.15, 0.2) is 0 Å². The first-order chi connectivity index (χ1) is 19.5. The topological polar surface area (TPSA) is 130 Å². The lowest BCUT2D eigenvalue weighted by Crippen LogP contribution is -2.53. The normalized spacial score (nSPS) is 11.9. The zero-order valence-corrected chi connectivity index (χ0v) is 25.3. The minimum absolute atomic E-state index is 0.0236. The zero-order valence-electron chi connectivity index (χ0n) is 22.9. The third-order valence-electron chi connectivity index (χ3n) is 6.35. The van der Waals surface area contributed by atoms with Gasteiger partial charge in [-0.1, -0.05) is 77.8 Å². The van der Waals surface area contributed by atoms with E-state index in [1.165, 1.54) is 23.1 Å². The van der Waals surface area contributed by atoms with E-state index in [0.29, 0.717) is 6.54 Å². The van der Waals surface area contributed by atoms with E-state index in [2.05, 4.69) is 21.2 Å². The largest absolute Gasteiger partial charge is 0.354 e. The molecule has 0 fully saturated rings. The highest BCUT2D eigenvalue weighted by molar-refractivity contribution is 9.10. The third-order valence-corrected chi connectivity index (χ3v) is 7.98. The van der Waals surface area contributed by atoms with Crippen LogP contribution in [0.3, 0.4) is 0 Å². The molecule has 0 aliphatic heterocycles. The average Bonchev–Trinajstić information content (AvgIpc) is 2.93. The van der Waals surface area contributed by atoms with Crippen LogP contribution in [0.4, 0.5) is 11.4 Å². The molecular weight excluding hydrogens is 612 g/mol. The van der Waals surface area contributed by atoms with Crippen LogP contribution < -0.4 is 9.62 Å². The number of hydrogen-bond donors (Lipinski definition) is 1. The van der Waals surface area contributed by atoms with E-state index in [4.69, 9.17) is 0 Å². The number of hydrogen-bond acceptors (Lipinski definition) is 6. The molecule has 0 saturated carbocycles. The van der Waals surface area contributed by atoms with Gasteiger partial charge < -0.3 is 10.2 Å². The first kappa shape index (κ1) is 31.8. The second kappa shape index (κ2) is 14.7. The van der Waals surface area contributed by atoms with Gasteiger partial charge in [-0.25, -0.2) is 8.42 Å². The third kappa shape index (κ3) is 9.39. The van der Waals surface area contributed by atoms with Crippen molar-refractivity contribution in [3.05, 3.63) is 105 Å². The highest BCUT2D eigenvalue weighted by Gasteiger charge is 2.33. The van der Waals surface area contributed by atoms with Gasteiger partial charge in [0.05, 0.1) is 16.9 Å². The lowest BCUT2D eigenvalue weighted by Gasteiger charge is -2.33. The van der Waals surface area contributed by atoms with Crippen LogP contribution >= 0.6 is 15.9 Å². The maximum absolute atomic E-state index is 14.0. The fourth-order valence-electron chi connectivity index (χ4n) is 4.27. The number of halogens is 1. The molecule has 3 rings (SSSR count). The van der Waals surface area contributed by atoms with E-state index in [1.807, 2.05) is 61.5 Å². The van der Waals surface area contributed by atoms with E-state index in [9.17, 15) is 28.1 Å². The summed E-state index contributed by atoms with van der Waals surface area (Å²) in [7, 11) is -4.04. The highest BCUT2D eigenvalue weighted by Crippen LogP contribution is 2.24. The Morgan fingerprint density at radius 1 is 1.00 bits per heavy atom. The molecular formula is C29H33BrN4O6S. The van der Waals surface area contributed by atoms with Crippen LogP contribution in [-0.4, -0.2) is 55.4 Å². The van der Waals surface area contributed by atoms with Crippen molar-refractivity contribution >= 4 is 49.1 Å². The minimum Gasteiger partial charge on any atom is -0.354 e. The van der Waals surface area contributed by atoms with Crippen molar-refractivity contribution in [2.45, 2.75) is 38.8 Å². The summed E-state index contributed by atoms with van der Waals surface area (Å²) in [6, 6.07) is 20.7. The predicted molar refractivity (Wildman–Crippen MR) is 162 cm³/mol. The fraction of sp³-hybridized carbons (Fsp3) is 0.310. The Bertz CT molecular complexity index is 1470. The molecule has 12 heteroatoms. The van der Waals surface area contributed by atoms with Crippen LogP contribution in [0.1, 0.15) is 30.9 Å². The molecule has 0 saturated heterocycles. The monoisotopic (exact) mass is 644 g/mol. The van der Waals surface area contributed by atoms with Crippen molar-refractivity contribution in [1.82, 2.24) is 10.2 Å². The number of nitro benzene ring substituents is 1. The molecule has 218 valence electrons. The van der Waals surface area contributed by atoms with E-state index in [1.54, 1.807) is 0 Å². The Labute approximate surface area is 248 Å². The molecule has 1 N–H and O–H groups in total. The van der Waals surface area contributed by atoms with E-state index < -0.39 is 33.4 Å². The van der Waals surface area contributed by atoms with Gasteiger partial charge in [0.25, 0.3) is 5.69 Å². The van der Waals surface area contributed by atoms with Gasteiger partial charge in [0, 0.05) is 36.1 Å². The van der Waals surface area contributed by atoms with Gasteiger partial charge in [-0.15, -0.1) is 0 Å².